The Morgan fingerprint density at radius 2 is 1.56 bits per heavy atom. The van der Waals surface area contributed by atoms with Gasteiger partial charge in [-0.15, -0.1) is 0 Å². The summed E-state index contributed by atoms with van der Waals surface area (Å²) in [5, 5.41) is 2.86. The molecule has 0 spiro atoms. The summed E-state index contributed by atoms with van der Waals surface area (Å²) in [5.74, 6) is -1.56. The Kier molecular flexibility index (Phi) is 9.86. The molecule has 2 unspecified atom stereocenters. The lowest BCUT2D eigenvalue weighted by Gasteiger charge is -2.33. The number of anilines is 1. The van der Waals surface area contributed by atoms with E-state index in [9.17, 15) is 22.4 Å². The van der Waals surface area contributed by atoms with Crippen LogP contribution in [-0.4, -0.2) is 43.8 Å². The number of amides is 2. The standard InChI is InChI=1S/C30H36FN3O4S/c1-6-22(3)32-30(36)24(5)33(19-25-14-10-11-17-27(25)31)29(35)20-34(28-18-12-13-21(2)23(28)4)39(37,38)26-15-8-7-9-16-26/h7-18,22,24H,6,19-20H2,1-5H3,(H,32,36). The first-order valence-corrected chi connectivity index (χ1v) is 14.4. The second-order valence-electron chi connectivity index (χ2n) is 9.65. The van der Waals surface area contributed by atoms with Crippen molar-refractivity contribution in [3.63, 3.8) is 0 Å². The van der Waals surface area contributed by atoms with Crippen LogP contribution in [0.4, 0.5) is 10.1 Å². The van der Waals surface area contributed by atoms with E-state index in [1.54, 1.807) is 56.3 Å². The maximum absolute atomic E-state index is 14.6. The van der Waals surface area contributed by atoms with Crippen molar-refractivity contribution in [2.45, 2.75) is 64.6 Å². The number of carbonyl (C=O) groups excluding carboxylic acids is 2. The molecule has 0 aromatic heterocycles. The van der Waals surface area contributed by atoms with Crippen molar-refractivity contribution in [1.29, 1.82) is 0 Å². The molecule has 2 amide bonds. The van der Waals surface area contributed by atoms with E-state index in [-0.39, 0.29) is 23.0 Å². The molecule has 0 bridgehead atoms. The lowest BCUT2D eigenvalue weighted by atomic mass is 10.1. The van der Waals surface area contributed by atoms with Crippen molar-refractivity contribution in [1.82, 2.24) is 10.2 Å². The van der Waals surface area contributed by atoms with Gasteiger partial charge in [-0.3, -0.25) is 13.9 Å². The van der Waals surface area contributed by atoms with Crippen LogP contribution in [0.2, 0.25) is 0 Å². The van der Waals surface area contributed by atoms with Crippen molar-refractivity contribution in [3.8, 4) is 0 Å². The molecule has 39 heavy (non-hydrogen) atoms. The Bertz CT molecular complexity index is 1410. The highest BCUT2D eigenvalue weighted by atomic mass is 32.2. The number of nitrogens with zero attached hydrogens (tertiary/aromatic N) is 2. The van der Waals surface area contributed by atoms with Crippen molar-refractivity contribution >= 4 is 27.5 Å². The number of nitrogens with one attached hydrogen (secondary N) is 1. The van der Waals surface area contributed by atoms with E-state index in [1.807, 2.05) is 26.8 Å². The highest BCUT2D eigenvalue weighted by Gasteiger charge is 2.33. The fourth-order valence-electron chi connectivity index (χ4n) is 4.10. The number of benzene rings is 3. The van der Waals surface area contributed by atoms with E-state index >= 15 is 0 Å². The van der Waals surface area contributed by atoms with E-state index in [0.29, 0.717) is 17.7 Å². The van der Waals surface area contributed by atoms with Crippen LogP contribution in [0.3, 0.4) is 0 Å². The highest BCUT2D eigenvalue weighted by Crippen LogP contribution is 2.29. The van der Waals surface area contributed by atoms with Gasteiger partial charge in [0.2, 0.25) is 11.8 Å². The zero-order valence-electron chi connectivity index (χ0n) is 23.0. The molecule has 3 rings (SSSR count). The van der Waals surface area contributed by atoms with Gasteiger partial charge in [0.05, 0.1) is 10.6 Å². The predicted octanol–water partition coefficient (Wildman–Crippen LogP) is 4.97. The Balaban J connectivity index is 2.07. The minimum atomic E-state index is -4.16. The number of sulfonamides is 1. The summed E-state index contributed by atoms with van der Waals surface area (Å²) in [7, 11) is -4.16. The van der Waals surface area contributed by atoms with Gasteiger partial charge in [0.15, 0.2) is 0 Å². The fraction of sp³-hybridized carbons (Fsp3) is 0.333. The largest absolute Gasteiger partial charge is 0.352 e. The molecule has 9 heteroatoms. The molecule has 3 aromatic rings. The minimum absolute atomic E-state index is 0.0296. The van der Waals surface area contributed by atoms with Gasteiger partial charge in [-0.05, 0) is 69.5 Å². The Morgan fingerprint density at radius 1 is 0.923 bits per heavy atom. The van der Waals surface area contributed by atoms with Gasteiger partial charge in [0, 0.05) is 18.2 Å². The third kappa shape index (κ3) is 7.03. The van der Waals surface area contributed by atoms with Crippen molar-refractivity contribution in [2.24, 2.45) is 0 Å². The topological polar surface area (TPSA) is 86.8 Å². The van der Waals surface area contributed by atoms with Crippen LogP contribution in [-0.2, 0) is 26.2 Å². The number of hydrogen-bond donors (Lipinski definition) is 1. The number of hydrogen-bond acceptors (Lipinski definition) is 4. The molecule has 0 saturated carbocycles. The average Bonchev–Trinajstić information content (AvgIpc) is 2.92. The second-order valence-corrected chi connectivity index (χ2v) is 11.5. The van der Waals surface area contributed by atoms with Gasteiger partial charge in [-0.1, -0.05) is 55.5 Å². The van der Waals surface area contributed by atoms with Gasteiger partial charge in [-0.25, -0.2) is 12.8 Å². The van der Waals surface area contributed by atoms with Crippen LogP contribution in [0, 0.1) is 19.7 Å². The molecule has 7 nitrogen and oxygen atoms in total. The Labute approximate surface area is 230 Å². The third-order valence-electron chi connectivity index (χ3n) is 6.92. The predicted molar refractivity (Wildman–Crippen MR) is 151 cm³/mol. The van der Waals surface area contributed by atoms with Crippen LogP contribution < -0.4 is 9.62 Å². The first kappa shape index (κ1) is 29.8. The Hall–Kier alpha value is -3.72. The van der Waals surface area contributed by atoms with Gasteiger partial charge < -0.3 is 10.2 Å². The molecule has 208 valence electrons. The Morgan fingerprint density at radius 3 is 2.21 bits per heavy atom. The summed E-state index contributed by atoms with van der Waals surface area (Å²) in [6.45, 7) is 8.21. The summed E-state index contributed by atoms with van der Waals surface area (Å²) in [5.41, 5.74) is 2.14. The zero-order chi connectivity index (χ0) is 28.7. The molecule has 3 aromatic carbocycles. The quantitative estimate of drug-likeness (QED) is 0.363. The summed E-state index contributed by atoms with van der Waals surface area (Å²) >= 11 is 0. The molecule has 1 N–H and O–H groups in total. The smallest absolute Gasteiger partial charge is 0.264 e. The second kappa shape index (κ2) is 12.9. The SMILES string of the molecule is CCC(C)NC(=O)C(C)N(Cc1ccccc1F)C(=O)CN(c1cccc(C)c1C)S(=O)(=O)c1ccccc1. The summed E-state index contributed by atoms with van der Waals surface area (Å²) in [4.78, 5) is 28.3. The zero-order valence-corrected chi connectivity index (χ0v) is 23.8. The van der Waals surface area contributed by atoms with Crippen molar-refractivity contribution in [2.75, 3.05) is 10.8 Å². The lowest BCUT2D eigenvalue weighted by molar-refractivity contribution is -0.139. The van der Waals surface area contributed by atoms with Gasteiger partial charge in [0.25, 0.3) is 10.0 Å². The monoisotopic (exact) mass is 553 g/mol. The summed E-state index contributed by atoms with van der Waals surface area (Å²) in [6, 6.07) is 18.0. The van der Waals surface area contributed by atoms with Gasteiger partial charge >= 0.3 is 0 Å². The lowest BCUT2D eigenvalue weighted by Crippen LogP contribution is -2.52. The van der Waals surface area contributed by atoms with Crippen LogP contribution in [0.15, 0.2) is 77.7 Å². The molecule has 0 saturated heterocycles. The first-order valence-electron chi connectivity index (χ1n) is 12.9. The molecule has 0 aliphatic heterocycles. The van der Waals surface area contributed by atoms with Crippen LogP contribution in [0.25, 0.3) is 0 Å². The highest BCUT2D eigenvalue weighted by molar-refractivity contribution is 7.92. The van der Waals surface area contributed by atoms with E-state index < -0.39 is 40.2 Å². The molecular formula is C30H36FN3O4S. The fourth-order valence-corrected chi connectivity index (χ4v) is 5.59. The number of aryl methyl sites for hydroxylation is 1. The first-order chi connectivity index (χ1) is 18.5. The van der Waals surface area contributed by atoms with Crippen LogP contribution in [0.5, 0.6) is 0 Å². The van der Waals surface area contributed by atoms with Crippen LogP contribution >= 0.6 is 0 Å². The van der Waals surface area contributed by atoms with Crippen molar-refractivity contribution in [3.05, 3.63) is 95.3 Å². The van der Waals surface area contributed by atoms with E-state index in [1.165, 1.54) is 29.2 Å². The summed E-state index contributed by atoms with van der Waals surface area (Å²) < 4.78 is 43.4. The third-order valence-corrected chi connectivity index (χ3v) is 8.70. The number of halogens is 1. The van der Waals surface area contributed by atoms with E-state index in [0.717, 1.165) is 9.87 Å². The number of rotatable bonds is 11. The molecule has 0 radical (unpaired) electrons. The molecule has 0 aliphatic rings. The molecular weight excluding hydrogens is 517 g/mol. The average molecular weight is 554 g/mol. The number of carbonyl (C=O) groups is 2. The van der Waals surface area contributed by atoms with Crippen LogP contribution in [0.1, 0.15) is 43.9 Å². The molecule has 0 fully saturated rings. The maximum atomic E-state index is 14.6. The van der Waals surface area contributed by atoms with E-state index in [4.69, 9.17) is 0 Å². The van der Waals surface area contributed by atoms with Gasteiger partial charge in [-0.2, -0.15) is 0 Å². The molecule has 0 heterocycles. The van der Waals surface area contributed by atoms with Gasteiger partial charge in [0.1, 0.15) is 18.4 Å². The van der Waals surface area contributed by atoms with E-state index in [2.05, 4.69) is 5.32 Å². The molecule has 2 atom stereocenters. The normalized spacial score (nSPS) is 12.9. The summed E-state index contributed by atoms with van der Waals surface area (Å²) in [6.07, 6.45) is 0.690. The minimum Gasteiger partial charge on any atom is -0.352 e. The van der Waals surface area contributed by atoms with Crippen molar-refractivity contribution < 1.29 is 22.4 Å². The molecule has 0 aliphatic carbocycles. The maximum Gasteiger partial charge on any atom is 0.264 e.